The van der Waals surface area contributed by atoms with E-state index in [1.807, 2.05) is 6.07 Å². The fourth-order valence-electron chi connectivity index (χ4n) is 2.49. The summed E-state index contributed by atoms with van der Waals surface area (Å²) in [4.78, 5) is 3.32. The normalized spacial score (nSPS) is 19.2. The number of aromatic amines is 1. The molecule has 92 valence electrons. The number of nitrogens with one attached hydrogen (secondary N) is 2. The average molecular weight is 253 g/mol. The SMILES string of the molecule is COc1ccc2[nH]cc([C@@H]3CCCN3)c2c1.Cl. The standard InChI is InChI=1S/C13H16N2O.ClH/c1-16-9-4-5-13-10(7-9)11(8-15-13)12-3-2-6-14-12;/h4-5,7-8,12,14-15H,2-3,6H2,1H3;1H/t12-;/m0./s1. The Morgan fingerprint density at radius 2 is 2.24 bits per heavy atom. The summed E-state index contributed by atoms with van der Waals surface area (Å²) >= 11 is 0. The molecule has 0 unspecified atom stereocenters. The van der Waals surface area contributed by atoms with E-state index in [1.165, 1.54) is 29.3 Å². The van der Waals surface area contributed by atoms with Gasteiger partial charge in [-0.1, -0.05) is 0 Å². The van der Waals surface area contributed by atoms with Gasteiger partial charge in [-0.05, 0) is 43.1 Å². The molecule has 0 amide bonds. The van der Waals surface area contributed by atoms with Crippen LogP contribution >= 0.6 is 12.4 Å². The quantitative estimate of drug-likeness (QED) is 0.862. The fourth-order valence-corrected chi connectivity index (χ4v) is 2.49. The summed E-state index contributed by atoms with van der Waals surface area (Å²) in [7, 11) is 1.71. The number of rotatable bonds is 2. The minimum absolute atomic E-state index is 0. The molecule has 4 heteroatoms. The van der Waals surface area contributed by atoms with Gasteiger partial charge >= 0.3 is 0 Å². The predicted molar refractivity (Wildman–Crippen MR) is 72.1 cm³/mol. The highest BCUT2D eigenvalue weighted by Gasteiger charge is 2.19. The van der Waals surface area contributed by atoms with Gasteiger partial charge in [0, 0.05) is 23.1 Å². The van der Waals surface area contributed by atoms with Gasteiger partial charge in [-0.25, -0.2) is 0 Å². The van der Waals surface area contributed by atoms with E-state index in [0.717, 1.165) is 12.3 Å². The van der Waals surface area contributed by atoms with Gasteiger partial charge in [0.05, 0.1) is 7.11 Å². The van der Waals surface area contributed by atoms with Crippen LogP contribution in [-0.4, -0.2) is 18.6 Å². The second kappa shape index (κ2) is 4.98. The minimum atomic E-state index is 0. The van der Waals surface area contributed by atoms with Crippen molar-refractivity contribution >= 4 is 23.3 Å². The maximum absolute atomic E-state index is 5.28. The molecule has 0 spiro atoms. The molecule has 2 N–H and O–H groups in total. The van der Waals surface area contributed by atoms with E-state index in [4.69, 9.17) is 4.74 Å². The van der Waals surface area contributed by atoms with Gasteiger partial charge in [-0.15, -0.1) is 12.4 Å². The molecule has 1 aromatic heterocycles. The van der Waals surface area contributed by atoms with Gasteiger partial charge in [-0.2, -0.15) is 0 Å². The lowest BCUT2D eigenvalue weighted by Gasteiger charge is -2.09. The zero-order chi connectivity index (χ0) is 11.0. The molecule has 0 aliphatic carbocycles. The molecular weight excluding hydrogens is 236 g/mol. The van der Waals surface area contributed by atoms with Crippen LogP contribution < -0.4 is 10.1 Å². The number of benzene rings is 1. The second-order valence-electron chi connectivity index (χ2n) is 4.30. The molecule has 1 atom stereocenters. The molecule has 2 heterocycles. The van der Waals surface area contributed by atoms with E-state index < -0.39 is 0 Å². The Kier molecular flexibility index (Phi) is 3.60. The number of halogens is 1. The average Bonchev–Trinajstić information content (AvgIpc) is 2.96. The van der Waals surface area contributed by atoms with Crippen molar-refractivity contribution in [3.05, 3.63) is 30.0 Å². The maximum atomic E-state index is 5.28. The zero-order valence-corrected chi connectivity index (χ0v) is 10.6. The summed E-state index contributed by atoms with van der Waals surface area (Å²) in [6.45, 7) is 1.13. The maximum Gasteiger partial charge on any atom is 0.119 e. The lowest BCUT2D eigenvalue weighted by molar-refractivity contribution is 0.415. The van der Waals surface area contributed by atoms with Crippen molar-refractivity contribution < 1.29 is 4.74 Å². The van der Waals surface area contributed by atoms with E-state index in [-0.39, 0.29) is 12.4 Å². The van der Waals surface area contributed by atoms with Crippen LogP contribution in [0.25, 0.3) is 10.9 Å². The van der Waals surface area contributed by atoms with Crippen molar-refractivity contribution in [3.8, 4) is 5.75 Å². The molecule has 1 saturated heterocycles. The minimum Gasteiger partial charge on any atom is -0.497 e. The molecule has 0 bridgehead atoms. The largest absolute Gasteiger partial charge is 0.497 e. The zero-order valence-electron chi connectivity index (χ0n) is 9.82. The van der Waals surface area contributed by atoms with Crippen LogP contribution in [0.15, 0.2) is 24.4 Å². The predicted octanol–water partition coefficient (Wildman–Crippen LogP) is 3.02. The fraction of sp³-hybridized carbons (Fsp3) is 0.385. The van der Waals surface area contributed by atoms with E-state index >= 15 is 0 Å². The van der Waals surface area contributed by atoms with E-state index in [1.54, 1.807) is 7.11 Å². The Hall–Kier alpha value is -1.19. The Bertz CT molecular complexity index is 503. The van der Waals surface area contributed by atoms with Crippen molar-refractivity contribution in [2.75, 3.05) is 13.7 Å². The van der Waals surface area contributed by atoms with Gasteiger partial charge in [-0.3, -0.25) is 0 Å². The Morgan fingerprint density at radius 3 is 2.94 bits per heavy atom. The van der Waals surface area contributed by atoms with Crippen LogP contribution in [0, 0.1) is 0 Å². The molecule has 1 aliphatic heterocycles. The van der Waals surface area contributed by atoms with Crippen LogP contribution in [0.2, 0.25) is 0 Å². The van der Waals surface area contributed by atoms with Crippen molar-refractivity contribution in [1.29, 1.82) is 0 Å². The van der Waals surface area contributed by atoms with E-state index in [0.29, 0.717) is 6.04 Å². The Labute approximate surface area is 107 Å². The highest BCUT2D eigenvalue weighted by Crippen LogP contribution is 2.31. The van der Waals surface area contributed by atoms with Crippen LogP contribution in [0.3, 0.4) is 0 Å². The number of fused-ring (bicyclic) bond motifs is 1. The summed E-state index contributed by atoms with van der Waals surface area (Å²) < 4.78 is 5.28. The third-order valence-electron chi connectivity index (χ3n) is 3.36. The first-order chi connectivity index (χ1) is 7.88. The van der Waals surface area contributed by atoms with Gasteiger partial charge < -0.3 is 15.0 Å². The van der Waals surface area contributed by atoms with Gasteiger partial charge in [0.25, 0.3) is 0 Å². The number of aromatic nitrogens is 1. The molecule has 1 aromatic carbocycles. The number of methoxy groups -OCH3 is 1. The molecule has 0 radical (unpaired) electrons. The van der Waals surface area contributed by atoms with Gasteiger partial charge in [0.15, 0.2) is 0 Å². The Morgan fingerprint density at radius 1 is 1.35 bits per heavy atom. The molecule has 2 aromatic rings. The smallest absolute Gasteiger partial charge is 0.119 e. The third-order valence-corrected chi connectivity index (χ3v) is 3.36. The number of H-pyrrole nitrogens is 1. The third kappa shape index (κ3) is 2.13. The van der Waals surface area contributed by atoms with Gasteiger partial charge in [0.2, 0.25) is 0 Å². The summed E-state index contributed by atoms with van der Waals surface area (Å²) in [5.41, 5.74) is 2.55. The topological polar surface area (TPSA) is 37.0 Å². The molecule has 3 nitrogen and oxygen atoms in total. The van der Waals surface area contributed by atoms with Crippen molar-refractivity contribution in [1.82, 2.24) is 10.3 Å². The van der Waals surface area contributed by atoms with Crippen LogP contribution in [0.5, 0.6) is 5.75 Å². The molecule has 1 fully saturated rings. The number of hydrogen-bond acceptors (Lipinski definition) is 2. The lowest BCUT2D eigenvalue weighted by atomic mass is 10.0. The van der Waals surface area contributed by atoms with Crippen LogP contribution in [0.4, 0.5) is 0 Å². The van der Waals surface area contributed by atoms with E-state index in [2.05, 4.69) is 28.6 Å². The summed E-state index contributed by atoms with van der Waals surface area (Å²) in [6.07, 6.45) is 4.61. The summed E-state index contributed by atoms with van der Waals surface area (Å²) in [5.74, 6) is 0.923. The molecule has 0 saturated carbocycles. The van der Waals surface area contributed by atoms with Crippen molar-refractivity contribution in [3.63, 3.8) is 0 Å². The van der Waals surface area contributed by atoms with Crippen molar-refractivity contribution in [2.24, 2.45) is 0 Å². The monoisotopic (exact) mass is 252 g/mol. The second-order valence-corrected chi connectivity index (χ2v) is 4.30. The first-order valence-corrected chi connectivity index (χ1v) is 5.77. The van der Waals surface area contributed by atoms with Crippen LogP contribution in [0.1, 0.15) is 24.4 Å². The summed E-state index contributed by atoms with van der Waals surface area (Å²) in [5, 5.41) is 4.80. The molecule has 3 rings (SSSR count). The molecule has 17 heavy (non-hydrogen) atoms. The summed E-state index contributed by atoms with van der Waals surface area (Å²) in [6, 6.07) is 6.68. The van der Waals surface area contributed by atoms with Crippen LogP contribution in [-0.2, 0) is 0 Å². The number of ether oxygens (including phenoxy) is 1. The van der Waals surface area contributed by atoms with Gasteiger partial charge in [0.1, 0.15) is 5.75 Å². The molecular formula is C13H17ClN2O. The van der Waals surface area contributed by atoms with Crippen molar-refractivity contribution in [2.45, 2.75) is 18.9 Å². The first-order valence-electron chi connectivity index (χ1n) is 5.77. The first kappa shape index (κ1) is 12.3. The Balaban J connectivity index is 0.00000108. The molecule has 1 aliphatic rings. The number of hydrogen-bond donors (Lipinski definition) is 2. The highest BCUT2D eigenvalue weighted by molar-refractivity contribution is 5.85. The lowest BCUT2D eigenvalue weighted by Crippen LogP contribution is -2.12. The van der Waals surface area contributed by atoms with E-state index in [9.17, 15) is 0 Å². The highest BCUT2D eigenvalue weighted by atomic mass is 35.5.